The summed E-state index contributed by atoms with van der Waals surface area (Å²) < 4.78 is 23.4. The molecule has 8 atom stereocenters. The predicted molar refractivity (Wildman–Crippen MR) is 132 cm³/mol. The smallest absolute Gasteiger partial charge is 0.306 e. The Bertz CT molecular complexity index is 890. The Labute approximate surface area is 209 Å². The first-order valence-electron chi connectivity index (χ1n) is 12.6. The normalized spacial score (nSPS) is 38.9. The number of carbonyl (C=O) groups excluding carboxylic acids is 2. The van der Waals surface area contributed by atoms with Crippen molar-refractivity contribution in [3.8, 4) is 0 Å². The van der Waals surface area contributed by atoms with Gasteiger partial charge >= 0.3 is 11.9 Å². The summed E-state index contributed by atoms with van der Waals surface area (Å²) in [6, 6.07) is 0. The molecule has 0 amide bonds. The van der Waals surface area contributed by atoms with E-state index < -0.39 is 36.2 Å². The molecule has 1 heterocycles. The molecule has 35 heavy (non-hydrogen) atoms. The lowest BCUT2D eigenvalue weighted by Gasteiger charge is -2.60. The Morgan fingerprint density at radius 3 is 2.54 bits per heavy atom. The van der Waals surface area contributed by atoms with Crippen molar-refractivity contribution in [2.75, 3.05) is 7.11 Å². The molecule has 7 nitrogen and oxygen atoms in total. The quantitative estimate of drug-likeness (QED) is 0.300. The van der Waals surface area contributed by atoms with Crippen molar-refractivity contribution in [2.45, 2.75) is 92.0 Å². The molecular weight excluding hydrogens is 448 g/mol. The van der Waals surface area contributed by atoms with Gasteiger partial charge in [0.15, 0.2) is 6.29 Å². The molecule has 2 fully saturated rings. The Balaban J connectivity index is 2.16. The van der Waals surface area contributed by atoms with E-state index in [1.54, 1.807) is 0 Å². The van der Waals surface area contributed by atoms with Gasteiger partial charge in [-0.05, 0) is 55.4 Å². The molecule has 0 aromatic carbocycles. The highest BCUT2D eigenvalue weighted by atomic mass is 16.8. The number of aliphatic hydroxyl groups excluding tert-OH is 1. The van der Waals surface area contributed by atoms with Gasteiger partial charge in [0.05, 0.1) is 11.5 Å². The zero-order valence-corrected chi connectivity index (χ0v) is 22.2. The molecule has 1 N–H and O–H groups in total. The Kier molecular flexibility index (Phi) is 8.34. The van der Waals surface area contributed by atoms with Crippen LogP contribution < -0.4 is 0 Å². The van der Waals surface area contributed by atoms with E-state index in [2.05, 4.69) is 26.5 Å². The van der Waals surface area contributed by atoms with Gasteiger partial charge in [0.25, 0.3) is 0 Å². The summed E-state index contributed by atoms with van der Waals surface area (Å²) in [5.74, 6) is -0.620. The van der Waals surface area contributed by atoms with Crippen LogP contribution in [0.2, 0.25) is 0 Å². The van der Waals surface area contributed by atoms with Crippen LogP contribution in [0.25, 0.3) is 0 Å². The van der Waals surface area contributed by atoms with Crippen molar-refractivity contribution in [1.29, 1.82) is 0 Å². The van der Waals surface area contributed by atoms with Gasteiger partial charge in [0, 0.05) is 26.0 Å². The van der Waals surface area contributed by atoms with E-state index in [4.69, 9.17) is 18.9 Å². The molecule has 196 valence electrons. The van der Waals surface area contributed by atoms with Crippen LogP contribution >= 0.6 is 0 Å². The van der Waals surface area contributed by atoms with E-state index in [1.807, 2.05) is 32.9 Å². The van der Waals surface area contributed by atoms with Gasteiger partial charge in [-0.1, -0.05) is 52.0 Å². The average molecular weight is 491 g/mol. The fourth-order valence-electron chi connectivity index (χ4n) is 6.36. The van der Waals surface area contributed by atoms with Crippen molar-refractivity contribution >= 4 is 11.9 Å². The maximum absolute atomic E-state index is 12.6. The van der Waals surface area contributed by atoms with Gasteiger partial charge in [0.2, 0.25) is 6.29 Å². The number of allylic oxidation sites excluding steroid dienone is 3. The van der Waals surface area contributed by atoms with Gasteiger partial charge in [-0.15, -0.1) is 0 Å². The lowest BCUT2D eigenvalue weighted by molar-refractivity contribution is -0.254. The maximum atomic E-state index is 12.6. The van der Waals surface area contributed by atoms with Crippen LogP contribution in [0.1, 0.15) is 67.2 Å². The lowest BCUT2D eigenvalue weighted by atomic mass is 9.45. The predicted octanol–water partition coefficient (Wildman–Crippen LogP) is 4.70. The molecule has 1 saturated carbocycles. The van der Waals surface area contributed by atoms with E-state index in [1.165, 1.54) is 14.0 Å². The minimum atomic E-state index is -1.00. The summed E-state index contributed by atoms with van der Waals surface area (Å²) in [7, 11) is 1.52. The number of carbonyl (C=O) groups is 2. The molecule has 7 heteroatoms. The van der Waals surface area contributed by atoms with E-state index >= 15 is 0 Å². The molecule has 3 rings (SSSR count). The molecule has 1 aliphatic heterocycles. The number of methoxy groups -OCH3 is 1. The fourth-order valence-corrected chi connectivity index (χ4v) is 6.36. The summed E-state index contributed by atoms with van der Waals surface area (Å²) in [5.41, 5.74) is 0.458. The number of rotatable bonds is 8. The topological polar surface area (TPSA) is 91.3 Å². The number of ether oxygens (including phenoxy) is 4. The lowest BCUT2D eigenvalue weighted by Crippen LogP contribution is -2.63. The SMILES string of the molecule is C=C/C(C)=C/C[C@]1(C)[C@H](C)C[C@H](O)[C@@]23C(=C[C@H](OC(=O)CC(C)C)C[C@@H]12)[C@@H](OC)O[C@H]3OC(C)=O. The zero-order chi connectivity index (χ0) is 26.1. The van der Waals surface area contributed by atoms with Crippen molar-refractivity contribution in [1.82, 2.24) is 0 Å². The van der Waals surface area contributed by atoms with E-state index in [0.717, 1.165) is 12.0 Å². The molecule has 1 spiro atoms. The molecule has 3 aliphatic rings. The third kappa shape index (κ3) is 5.00. The Morgan fingerprint density at radius 1 is 1.29 bits per heavy atom. The van der Waals surface area contributed by atoms with Crippen LogP contribution in [0, 0.1) is 28.6 Å². The minimum Gasteiger partial charge on any atom is -0.458 e. The van der Waals surface area contributed by atoms with E-state index in [0.29, 0.717) is 24.8 Å². The summed E-state index contributed by atoms with van der Waals surface area (Å²) in [5, 5.41) is 11.7. The van der Waals surface area contributed by atoms with Crippen LogP contribution in [0.4, 0.5) is 0 Å². The van der Waals surface area contributed by atoms with Crippen LogP contribution in [0.5, 0.6) is 0 Å². The third-order valence-corrected chi connectivity index (χ3v) is 8.38. The van der Waals surface area contributed by atoms with Crippen LogP contribution in [0.15, 0.2) is 36.0 Å². The monoisotopic (exact) mass is 490 g/mol. The molecular formula is C28H42O7. The van der Waals surface area contributed by atoms with Crippen molar-refractivity contribution in [3.05, 3.63) is 36.0 Å². The highest BCUT2D eigenvalue weighted by Crippen LogP contribution is 2.67. The summed E-state index contributed by atoms with van der Waals surface area (Å²) in [4.78, 5) is 24.7. The van der Waals surface area contributed by atoms with Crippen molar-refractivity contribution in [2.24, 2.45) is 28.6 Å². The largest absolute Gasteiger partial charge is 0.458 e. The summed E-state index contributed by atoms with van der Waals surface area (Å²) in [6.07, 6.45) is 4.79. The van der Waals surface area contributed by atoms with Gasteiger partial charge in [-0.2, -0.15) is 0 Å². The third-order valence-electron chi connectivity index (χ3n) is 8.38. The first-order valence-corrected chi connectivity index (χ1v) is 12.6. The first kappa shape index (κ1) is 27.6. The van der Waals surface area contributed by atoms with Crippen LogP contribution in [-0.4, -0.2) is 48.9 Å². The Hall–Kier alpha value is -1.96. The summed E-state index contributed by atoms with van der Waals surface area (Å²) in [6.45, 7) is 15.5. The fraction of sp³-hybridized carbons (Fsp3) is 0.714. The number of esters is 2. The molecule has 0 bridgehead atoms. The second-order valence-corrected chi connectivity index (χ2v) is 11.1. The second-order valence-electron chi connectivity index (χ2n) is 11.1. The number of hydrogen-bond acceptors (Lipinski definition) is 7. The molecule has 1 saturated heterocycles. The van der Waals surface area contributed by atoms with Crippen molar-refractivity contribution in [3.63, 3.8) is 0 Å². The zero-order valence-electron chi connectivity index (χ0n) is 22.2. The number of aliphatic hydroxyl groups is 1. The first-order chi connectivity index (χ1) is 16.4. The van der Waals surface area contributed by atoms with Gasteiger partial charge in [-0.3, -0.25) is 9.59 Å². The molecule has 2 aliphatic carbocycles. The van der Waals surface area contributed by atoms with Gasteiger partial charge < -0.3 is 24.1 Å². The molecule has 0 unspecified atom stereocenters. The van der Waals surface area contributed by atoms with E-state index in [-0.39, 0.29) is 29.1 Å². The molecule has 0 aromatic rings. The van der Waals surface area contributed by atoms with Crippen LogP contribution in [0.3, 0.4) is 0 Å². The highest BCUT2D eigenvalue weighted by Gasteiger charge is 2.70. The van der Waals surface area contributed by atoms with Gasteiger partial charge in [-0.25, -0.2) is 0 Å². The van der Waals surface area contributed by atoms with Gasteiger partial charge in [0.1, 0.15) is 6.10 Å². The second kappa shape index (κ2) is 10.6. The molecule has 0 radical (unpaired) electrons. The van der Waals surface area contributed by atoms with E-state index in [9.17, 15) is 14.7 Å². The standard InChI is InChI=1S/C28H42O7/c1-9-17(4)10-11-27(7)18(5)13-23(30)28-21(25(32-8)35-26(28)33-19(6)29)14-20(15-22(27)28)34-24(31)12-16(2)3/h9-10,14,16,18,20,22-23,25-26,30H,1,11-13,15H2,2-8H3/b17-10+/t18-,20+,22+,23+,25+,26-,27-,28-/m1/s1. The minimum absolute atomic E-state index is 0.146. The summed E-state index contributed by atoms with van der Waals surface area (Å²) >= 11 is 0. The number of hydrogen-bond donors (Lipinski definition) is 1. The maximum Gasteiger partial charge on any atom is 0.306 e. The highest BCUT2D eigenvalue weighted by molar-refractivity contribution is 5.70. The average Bonchev–Trinajstić information content (AvgIpc) is 3.08. The van der Waals surface area contributed by atoms with Crippen molar-refractivity contribution < 1.29 is 33.6 Å². The molecule has 0 aromatic heterocycles. The Morgan fingerprint density at radius 2 is 1.97 bits per heavy atom. The van der Waals surface area contributed by atoms with Crippen LogP contribution in [-0.2, 0) is 28.5 Å².